The van der Waals surface area contributed by atoms with Crippen molar-refractivity contribution in [3.8, 4) is 0 Å². The molecule has 2 rings (SSSR count). The molecule has 0 saturated carbocycles. The van der Waals surface area contributed by atoms with Gasteiger partial charge in [0, 0.05) is 12.2 Å². The Morgan fingerprint density at radius 1 is 1.00 bits per heavy atom. The summed E-state index contributed by atoms with van der Waals surface area (Å²) < 4.78 is 0. The van der Waals surface area contributed by atoms with Crippen LogP contribution < -0.4 is 10.6 Å². The zero-order valence-electron chi connectivity index (χ0n) is 12.6. The summed E-state index contributed by atoms with van der Waals surface area (Å²) in [4.78, 5) is 11.8. The number of rotatable bonds is 6. The highest BCUT2D eigenvalue weighted by Gasteiger charge is 2.02. The molecule has 0 radical (unpaired) electrons. The highest BCUT2D eigenvalue weighted by Crippen LogP contribution is 2.16. The van der Waals surface area contributed by atoms with Crippen molar-refractivity contribution >= 4 is 11.6 Å². The lowest BCUT2D eigenvalue weighted by Gasteiger charge is -2.10. The minimum Gasteiger partial charge on any atom is -0.376 e. The normalized spacial score (nSPS) is 10.4. The third kappa shape index (κ3) is 4.95. The van der Waals surface area contributed by atoms with E-state index >= 15 is 0 Å². The Morgan fingerprint density at radius 2 is 1.67 bits per heavy atom. The molecule has 3 nitrogen and oxygen atoms in total. The number of anilines is 1. The molecule has 0 bridgehead atoms. The number of benzene rings is 2. The van der Waals surface area contributed by atoms with E-state index in [0.29, 0.717) is 12.5 Å². The van der Waals surface area contributed by atoms with Crippen LogP contribution in [0.2, 0.25) is 0 Å². The van der Waals surface area contributed by atoms with Crippen molar-refractivity contribution in [2.75, 3.05) is 11.9 Å². The zero-order chi connectivity index (χ0) is 15.1. The van der Waals surface area contributed by atoms with Gasteiger partial charge in [0.1, 0.15) is 0 Å². The van der Waals surface area contributed by atoms with Gasteiger partial charge in [0.2, 0.25) is 5.91 Å². The van der Waals surface area contributed by atoms with E-state index < -0.39 is 0 Å². The highest BCUT2D eigenvalue weighted by molar-refractivity contribution is 5.80. The van der Waals surface area contributed by atoms with Gasteiger partial charge in [0.25, 0.3) is 0 Å². The molecule has 0 heterocycles. The average molecular weight is 282 g/mol. The predicted octanol–water partition coefficient (Wildman–Crippen LogP) is 3.54. The minimum atomic E-state index is -0.00760. The van der Waals surface area contributed by atoms with E-state index in [4.69, 9.17) is 0 Å². The third-order valence-corrected chi connectivity index (χ3v) is 3.36. The lowest BCUT2D eigenvalue weighted by Crippen LogP contribution is -2.29. The molecule has 0 fully saturated rings. The molecule has 1 amide bonds. The molecule has 2 aromatic carbocycles. The lowest BCUT2D eigenvalue weighted by molar-refractivity contribution is -0.119. The van der Waals surface area contributed by atoms with E-state index in [2.05, 4.69) is 36.6 Å². The number of amides is 1. The van der Waals surface area contributed by atoms with Crippen molar-refractivity contribution in [2.24, 2.45) is 0 Å². The number of carbonyl (C=O) groups is 1. The first-order valence-electron chi connectivity index (χ1n) is 7.29. The molecule has 0 aromatic heterocycles. The van der Waals surface area contributed by atoms with Gasteiger partial charge in [-0.15, -0.1) is 0 Å². The van der Waals surface area contributed by atoms with Gasteiger partial charge in [-0.2, -0.15) is 0 Å². The molecule has 0 spiro atoms. The second-order valence-electron chi connectivity index (χ2n) is 5.39. The molecule has 0 atom stereocenters. The molecule has 0 unspecified atom stereocenters. The number of hydrogen-bond acceptors (Lipinski definition) is 2. The average Bonchev–Trinajstić information content (AvgIpc) is 2.52. The van der Waals surface area contributed by atoms with Crippen LogP contribution in [0.5, 0.6) is 0 Å². The van der Waals surface area contributed by atoms with Crippen molar-refractivity contribution in [1.82, 2.24) is 5.32 Å². The summed E-state index contributed by atoms with van der Waals surface area (Å²) >= 11 is 0. The molecule has 21 heavy (non-hydrogen) atoms. The van der Waals surface area contributed by atoms with Gasteiger partial charge >= 0.3 is 0 Å². The number of hydrogen-bond donors (Lipinski definition) is 2. The van der Waals surface area contributed by atoms with E-state index in [1.165, 1.54) is 5.56 Å². The van der Waals surface area contributed by atoms with Gasteiger partial charge in [-0.1, -0.05) is 56.3 Å². The fourth-order valence-electron chi connectivity index (χ4n) is 2.03. The first-order chi connectivity index (χ1) is 10.1. The maximum atomic E-state index is 11.8. The largest absolute Gasteiger partial charge is 0.376 e. The van der Waals surface area contributed by atoms with E-state index in [1.807, 2.05) is 42.5 Å². The summed E-state index contributed by atoms with van der Waals surface area (Å²) in [5.41, 5.74) is 3.37. The molecule has 110 valence electrons. The van der Waals surface area contributed by atoms with E-state index in [1.54, 1.807) is 0 Å². The van der Waals surface area contributed by atoms with Crippen LogP contribution in [0.3, 0.4) is 0 Å². The molecule has 0 saturated heterocycles. The molecule has 0 aliphatic carbocycles. The topological polar surface area (TPSA) is 41.1 Å². The Balaban J connectivity index is 1.76. The van der Waals surface area contributed by atoms with Crippen LogP contribution in [-0.4, -0.2) is 12.5 Å². The van der Waals surface area contributed by atoms with Gasteiger partial charge in [0.05, 0.1) is 6.54 Å². The van der Waals surface area contributed by atoms with Gasteiger partial charge in [-0.25, -0.2) is 0 Å². The van der Waals surface area contributed by atoms with Crippen LogP contribution in [0, 0.1) is 0 Å². The summed E-state index contributed by atoms with van der Waals surface area (Å²) in [5.74, 6) is 0.514. The molecule has 2 aromatic rings. The summed E-state index contributed by atoms with van der Waals surface area (Å²) in [6.45, 7) is 5.18. The Morgan fingerprint density at radius 3 is 2.29 bits per heavy atom. The van der Waals surface area contributed by atoms with E-state index in [0.717, 1.165) is 11.3 Å². The first-order valence-corrected chi connectivity index (χ1v) is 7.29. The van der Waals surface area contributed by atoms with Crippen LogP contribution in [0.4, 0.5) is 5.69 Å². The molecule has 3 heteroatoms. The quantitative estimate of drug-likeness (QED) is 0.851. The van der Waals surface area contributed by atoms with Gasteiger partial charge < -0.3 is 10.6 Å². The molecule has 0 aliphatic rings. The van der Waals surface area contributed by atoms with Crippen molar-refractivity contribution in [3.05, 3.63) is 65.7 Å². The summed E-state index contributed by atoms with van der Waals surface area (Å²) in [7, 11) is 0. The van der Waals surface area contributed by atoms with Crippen LogP contribution in [0.15, 0.2) is 54.6 Å². The van der Waals surface area contributed by atoms with Crippen molar-refractivity contribution in [2.45, 2.75) is 26.3 Å². The van der Waals surface area contributed by atoms with E-state index in [9.17, 15) is 4.79 Å². The minimum absolute atomic E-state index is 0.00760. The smallest absolute Gasteiger partial charge is 0.239 e. The van der Waals surface area contributed by atoms with E-state index in [-0.39, 0.29) is 12.5 Å². The second-order valence-corrected chi connectivity index (χ2v) is 5.39. The summed E-state index contributed by atoms with van der Waals surface area (Å²) in [5, 5.41) is 6.03. The highest BCUT2D eigenvalue weighted by atomic mass is 16.1. The van der Waals surface area contributed by atoms with Gasteiger partial charge in [-0.05, 0) is 29.2 Å². The fourth-order valence-corrected chi connectivity index (χ4v) is 2.03. The maximum Gasteiger partial charge on any atom is 0.239 e. The van der Waals surface area contributed by atoms with Crippen molar-refractivity contribution < 1.29 is 4.79 Å². The number of nitrogens with one attached hydrogen (secondary N) is 2. The van der Waals surface area contributed by atoms with Crippen LogP contribution in [0.25, 0.3) is 0 Å². The zero-order valence-corrected chi connectivity index (χ0v) is 12.6. The van der Waals surface area contributed by atoms with Gasteiger partial charge in [-0.3, -0.25) is 4.79 Å². The number of carbonyl (C=O) groups excluding carboxylic acids is 1. The Kier molecular flexibility index (Phi) is 5.38. The Hall–Kier alpha value is -2.29. The SMILES string of the molecule is CC(C)c1ccc(NCC(=O)NCc2ccccc2)cc1. The van der Waals surface area contributed by atoms with Crippen LogP contribution in [0.1, 0.15) is 30.9 Å². The fraction of sp³-hybridized carbons (Fsp3) is 0.278. The molecular weight excluding hydrogens is 260 g/mol. The van der Waals surface area contributed by atoms with Crippen molar-refractivity contribution in [3.63, 3.8) is 0 Å². The predicted molar refractivity (Wildman–Crippen MR) is 87.3 cm³/mol. The third-order valence-electron chi connectivity index (χ3n) is 3.36. The molecule has 2 N–H and O–H groups in total. The van der Waals surface area contributed by atoms with Crippen molar-refractivity contribution in [1.29, 1.82) is 0 Å². The summed E-state index contributed by atoms with van der Waals surface area (Å²) in [6.07, 6.45) is 0. The maximum absolute atomic E-state index is 11.8. The van der Waals surface area contributed by atoms with Crippen LogP contribution in [-0.2, 0) is 11.3 Å². The lowest BCUT2D eigenvalue weighted by atomic mass is 10.0. The standard InChI is InChI=1S/C18H22N2O/c1-14(2)16-8-10-17(11-9-16)19-13-18(21)20-12-15-6-4-3-5-7-15/h3-11,14,19H,12-13H2,1-2H3,(H,20,21). The Labute approximate surface area is 126 Å². The van der Waals surface area contributed by atoms with Gasteiger partial charge in [0.15, 0.2) is 0 Å². The van der Waals surface area contributed by atoms with Crippen LogP contribution >= 0.6 is 0 Å². The molecular formula is C18H22N2O. The monoisotopic (exact) mass is 282 g/mol. The summed E-state index contributed by atoms with van der Waals surface area (Å²) in [6, 6.07) is 18.1. The Bertz CT molecular complexity index is 562. The molecule has 0 aliphatic heterocycles. The first kappa shape index (κ1) is 15.1. The second kappa shape index (κ2) is 7.48.